The maximum atomic E-state index is 10.6. The zero-order valence-corrected chi connectivity index (χ0v) is 13.8. The predicted molar refractivity (Wildman–Crippen MR) is 94.2 cm³/mol. The maximum Gasteiger partial charge on any atom is 0.269 e. The van der Waals surface area contributed by atoms with E-state index in [-0.39, 0.29) is 24.7 Å². The van der Waals surface area contributed by atoms with Gasteiger partial charge in [0.1, 0.15) is 18.5 Å². The van der Waals surface area contributed by atoms with E-state index < -0.39 is 11.0 Å². The van der Waals surface area contributed by atoms with Gasteiger partial charge in [-0.15, -0.1) is 12.4 Å². The van der Waals surface area contributed by atoms with Gasteiger partial charge in [-0.25, -0.2) is 0 Å². The highest BCUT2D eigenvalue weighted by molar-refractivity contribution is 5.85. The van der Waals surface area contributed by atoms with Gasteiger partial charge in [-0.2, -0.15) is 0 Å². The number of hydrogen-bond acceptors (Lipinski definition) is 5. The van der Waals surface area contributed by atoms with Gasteiger partial charge in [0.05, 0.1) is 4.92 Å². The van der Waals surface area contributed by atoms with Crippen molar-refractivity contribution in [3.63, 3.8) is 0 Å². The number of hydrogen-bond donors (Lipinski definition) is 1. The molecule has 7 heteroatoms. The van der Waals surface area contributed by atoms with Crippen LogP contribution in [0.1, 0.15) is 5.56 Å². The summed E-state index contributed by atoms with van der Waals surface area (Å²) in [6, 6.07) is 14.0. The highest BCUT2D eigenvalue weighted by Gasteiger charge is 2.21. The van der Waals surface area contributed by atoms with E-state index in [4.69, 9.17) is 4.74 Å². The second kappa shape index (κ2) is 7.99. The fraction of sp³-hybridized carbons (Fsp3) is 0.294. The molecule has 2 aromatic carbocycles. The van der Waals surface area contributed by atoms with Crippen molar-refractivity contribution >= 4 is 23.8 Å². The molecule has 128 valence electrons. The first kappa shape index (κ1) is 18.0. The molecule has 6 nitrogen and oxygen atoms in total. The molecule has 0 aliphatic carbocycles. The molecule has 3 rings (SSSR count). The van der Waals surface area contributed by atoms with Crippen molar-refractivity contribution in [3.8, 4) is 5.75 Å². The number of aliphatic hydroxyl groups is 1. The minimum absolute atomic E-state index is 0. The topological polar surface area (TPSA) is 75.8 Å². The number of nitro benzene ring substituents is 1. The quantitative estimate of drug-likeness (QED) is 0.640. The van der Waals surface area contributed by atoms with E-state index in [1.54, 1.807) is 0 Å². The van der Waals surface area contributed by atoms with Gasteiger partial charge in [-0.3, -0.25) is 10.1 Å². The molecule has 1 unspecified atom stereocenters. The summed E-state index contributed by atoms with van der Waals surface area (Å²) in [5, 5.41) is 20.8. The lowest BCUT2D eigenvalue weighted by atomic mass is 10.2. The summed E-state index contributed by atoms with van der Waals surface area (Å²) in [4.78, 5) is 12.3. The third-order valence-electron chi connectivity index (χ3n) is 3.90. The molecule has 2 aromatic rings. The van der Waals surface area contributed by atoms with Crippen LogP contribution in [-0.4, -0.2) is 35.8 Å². The average molecular weight is 351 g/mol. The molecule has 0 saturated heterocycles. The SMILES string of the molecule is Cl.O=[N+]([O-])c1ccc(OCC(O)CN2CCc3ccccc32)cc1. The van der Waals surface area contributed by atoms with Crippen LogP contribution in [0.15, 0.2) is 48.5 Å². The number of non-ortho nitro benzene ring substituents is 1. The third-order valence-corrected chi connectivity index (χ3v) is 3.90. The van der Waals surface area contributed by atoms with Crippen molar-refractivity contribution in [2.45, 2.75) is 12.5 Å². The Balaban J connectivity index is 0.00000208. The fourth-order valence-electron chi connectivity index (χ4n) is 2.76. The monoisotopic (exact) mass is 350 g/mol. The van der Waals surface area contributed by atoms with Crippen LogP contribution in [0.2, 0.25) is 0 Å². The molecule has 0 fully saturated rings. The molecule has 0 aromatic heterocycles. The first-order chi connectivity index (χ1) is 11.1. The fourth-order valence-corrected chi connectivity index (χ4v) is 2.76. The highest BCUT2D eigenvalue weighted by atomic mass is 35.5. The molecule has 1 heterocycles. The number of anilines is 1. The lowest BCUT2D eigenvalue weighted by molar-refractivity contribution is -0.384. The predicted octanol–water partition coefficient (Wildman–Crippen LogP) is 2.82. The summed E-state index contributed by atoms with van der Waals surface area (Å²) in [6.07, 6.45) is 0.364. The summed E-state index contributed by atoms with van der Waals surface area (Å²) in [5.74, 6) is 0.511. The smallest absolute Gasteiger partial charge is 0.269 e. The number of β-amino-alcohol motifs (C(OH)–C–C–N with tert-alkyl or cyclic N) is 1. The van der Waals surface area contributed by atoms with Crippen LogP contribution < -0.4 is 9.64 Å². The van der Waals surface area contributed by atoms with Crippen LogP contribution in [0, 0.1) is 10.1 Å². The second-order valence-electron chi connectivity index (χ2n) is 5.54. The van der Waals surface area contributed by atoms with Crippen LogP contribution in [0.25, 0.3) is 0 Å². The zero-order chi connectivity index (χ0) is 16.2. The van der Waals surface area contributed by atoms with Crippen molar-refractivity contribution in [3.05, 3.63) is 64.2 Å². The molecule has 1 atom stereocenters. The Kier molecular flexibility index (Phi) is 6.00. The third kappa shape index (κ3) is 4.15. The van der Waals surface area contributed by atoms with Gasteiger partial charge in [0, 0.05) is 30.9 Å². The number of fused-ring (bicyclic) bond motifs is 1. The number of halogens is 1. The van der Waals surface area contributed by atoms with E-state index in [0.717, 1.165) is 13.0 Å². The lowest BCUT2D eigenvalue weighted by Gasteiger charge is -2.23. The molecule has 0 bridgehead atoms. The van der Waals surface area contributed by atoms with Crippen molar-refractivity contribution in [1.82, 2.24) is 0 Å². The molecule has 0 spiro atoms. The van der Waals surface area contributed by atoms with E-state index in [1.807, 2.05) is 12.1 Å². The molecule has 1 aliphatic heterocycles. The molecule has 1 aliphatic rings. The summed E-state index contributed by atoms with van der Waals surface area (Å²) in [5.41, 5.74) is 2.49. The maximum absolute atomic E-state index is 10.6. The molecular formula is C17H19ClN2O4. The summed E-state index contributed by atoms with van der Waals surface area (Å²) < 4.78 is 5.50. The van der Waals surface area contributed by atoms with Crippen molar-refractivity contribution in [1.29, 1.82) is 0 Å². The van der Waals surface area contributed by atoms with Crippen molar-refractivity contribution in [2.24, 2.45) is 0 Å². The molecule has 0 saturated carbocycles. The average Bonchev–Trinajstić information content (AvgIpc) is 2.96. The Morgan fingerprint density at radius 3 is 2.62 bits per heavy atom. The minimum Gasteiger partial charge on any atom is -0.491 e. The minimum atomic E-state index is -0.628. The Hall–Kier alpha value is -2.31. The zero-order valence-electron chi connectivity index (χ0n) is 13.0. The number of nitrogens with zero attached hydrogens (tertiary/aromatic N) is 2. The van der Waals surface area contributed by atoms with E-state index in [1.165, 1.54) is 35.5 Å². The van der Waals surface area contributed by atoms with Gasteiger partial charge in [-0.1, -0.05) is 18.2 Å². The normalized spacial score (nSPS) is 13.8. The number of para-hydroxylation sites is 1. The van der Waals surface area contributed by atoms with Crippen LogP contribution in [0.3, 0.4) is 0 Å². The molecule has 0 radical (unpaired) electrons. The summed E-state index contributed by atoms with van der Waals surface area (Å²) >= 11 is 0. The highest BCUT2D eigenvalue weighted by Crippen LogP contribution is 2.27. The largest absolute Gasteiger partial charge is 0.491 e. The van der Waals surface area contributed by atoms with Gasteiger partial charge in [0.2, 0.25) is 0 Å². The summed E-state index contributed by atoms with van der Waals surface area (Å²) in [6.45, 7) is 1.55. The summed E-state index contributed by atoms with van der Waals surface area (Å²) in [7, 11) is 0. The lowest BCUT2D eigenvalue weighted by Crippen LogP contribution is -2.34. The Morgan fingerprint density at radius 2 is 1.92 bits per heavy atom. The van der Waals surface area contributed by atoms with Gasteiger partial charge in [-0.05, 0) is 30.2 Å². The standard InChI is InChI=1S/C17H18N2O4.ClH/c20-15(11-18-10-9-13-3-1-2-4-17(13)18)12-23-16-7-5-14(6-8-16)19(21)22;/h1-8,15,20H,9-12H2;1H. The Morgan fingerprint density at radius 1 is 1.21 bits per heavy atom. The van der Waals surface area contributed by atoms with E-state index >= 15 is 0 Å². The van der Waals surface area contributed by atoms with E-state index in [0.29, 0.717) is 12.3 Å². The molecule has 1 N–H and O–H groups in total. The van der Waals surface area contributed by atoms with Gasteiger partial charge >= 0.3 is 0 Å². The molecule has 0 amide bonds. The number of ether oxygens (including phenoxy) is 1. The van der Waals surface area contributed by atoms with Crippen LogP contribution in [-0.2, 0) is 6.42 Å². The number of aliphatic hydroxyl groups excluding tert-OH is 1. The first-order valence-corrected chi connectivity index (χ1v) is 7.51. The Labute approximate surface area is 146 Å². The van der Waals surface area contributed by atoms with Crippen LogP contribution >= 0.6 is 12.4 Å². The van der Waals surface area contributed by atoms with E-state index in [9.17, 15) is 15.2 Å². The number of benzene rings is 2. The first-order valence-electron chi connectivity index (χ1n) is 7.51. The van der Waals surface area contributed by atoms with Crippen LogP contribution in [0.5, 0.6) is 5.75 Å². The van der Waals surface area contributed by atoms with Crippen molar-refractivity contribution in [2.75, 3.05) is 24.6 Å². The number of nitro groups is 1. The molecule has 24 heavy (non-hydrogen) atoms. The molecular weight excluding hydrogens is 332 g/mol. The van der Waals surface area contributed by atoms with Crippen molar-refractivity contribution < 1.29 is 14.8 Å². The second-order valence-corrected chi connectivity index (χ2v) is 5.54. The van der Waals surface area contributed by atoms with Crippen LogP contribution in [0.4, 0.5) is 11.4 Å². The van der Waals surface area contributed by atoms with Gasteiger partial charge in [0.15, 0.2) is 0 Å². The Bertz CT molecular complexity index is 693. The van der Waals surface area contributed by atoms with Gasteiger partial charge in [0.25, 0.3) is 5.69 Å². The van der Waals surface area contributed by atoms with E-state index in [2.05, 4.69) is 17.0 Å². The number of rotatable bonds is 6. The van der Waals surface area contributed by atoms with Gasteiger partial charge < -0.3 is 14.7 Å².